The molecule has 5 nitrogen and oxygen atoms in total. The first-order chi connectivity index (χ1) is 9.13. The van der Waals surface area contributed by atoms with Gasteiger partial charge in [-0.3, -0.25) is 0 Å². The lowest BCUT2D eigenvalue weighted by atomic mass is 10.1. The van der Waals surface area contributed by atoms with E-state index in [2.05, 4.69) is 0 Å². The van der Waals surface area contributed by atoms with Crippen molar-refractivity contribution in [2.24, 2.45) is 0 Å². The van der Waals surface area contributed by atoms with Gasteiger partial charge in [-0.05, 0) is 24.3 Å². The van der Waals surface area contributed by atoms with Gasteiger partial charge >= 0.3 is 5.97 Å². The summed E-state index contributed by atoms with van der Waals surface area (Å²) in [5, 5.41) is 17.9. The van der Waals surface area contributed by atoms with Gasteiger partial charge < -0.3 is 15.6 Å². The largest absolute Gasteiger partial charge is 0.478 e. The zero-order valence-electron chi connectivity index (χ0n) is 9.83. The Morgan fingerprint density at radius 3 is 2.53 bits per heavy atom. The number of benzene rings is 2. The fraction of sp³-hybridized carbons (Fsp3) is 0. The first-order valence-corrected chi connectivity index (χ1v) is 5.42. The van der Waals surface area contributed by atoms with E-state index < -0.39 is 5.97 Å². The summed E-state index contributed by atoms with van der Waals surface area (Å²) in [6.45, 7) is 0. The summed E-state index contributed by atoms with van der Waals surface area (Å²) in [5.41, 5.74) is 6.08. The highest BCUT2D eigenvalue weighted by Gasteiger charge is 2.13. The molecule has 0 radical (unpaired) electrons. The first-order valence-electron chi connectivity index (χ1n) is 5.42. The van der Waals surface area contributed by atoms with Crippen molar-refractivity contribution in [2.75, 3.05) is 5.73 Å². The fourth-order valence-electron chi connectivity index (χ4n) is 1.59. The maximum atomic E-state index is 11.0. The van der Waals surface area contributed by atoms with Crippen molar-refractivity contribution in [2.45, 2.75) is 0 Å². The Kier molecular flexibility index (Phi) is 3.35. The molecule has 94 valence electrons. The Bertz CT molecular complexity index is 675. The molecule has 0 fully saturated rings. The summed E-state index contributed by atoms with van der Waals surface area (Å²) in [4.78, 5) is 11.0. The van der Waals surface area contributed by atoms with Gasteiger partial charge in [0.15, 0.2) is 5.75 Å². The third-order valence-corrected chi connectivity index (χ3v) is 2.52. The molecule has 19 heavy (non-hydrogen) atoms. The van der Waals surface area contributed by atoms with Crippen molar-refractivity contribution in [3.05, 3.63) is 53.6 Å². The van der Waals surface area contributed by atoms with Crippen LogP contribution in [0.1, 0.15) is 15.9 Å². The van der Waals surface area contributed by atoms with Crippen LogP contribution < -0.4 is 10.5 Å². The molecule has 0 aromatic heterocycles. The minimum Gasteiger partial charge on any atom is -0.478 e. The zero-order chi connectivity index (χ0) is 13.8. The van der Waals surface area contributed by atoms with Crippen molar-refractivity contribution in [3.8, 4) is 17.6 Å². The van der Waals surface area contributed by atoms with Crippen LogP contribution in [0.5, 0.6) is 11.5 Å². The summed E-state index contributed by atoms with van der Waals surface area (Å²) in [6.07, 6.45) is 0. The van der Waals surface area contributed by atoms with E-state index in [-0.39, 0.29) is 17.0 Å². The number of nitrogens with zero attached hydrogens (tertiary/aromatic N) is 1. The number of ether oxygens (including phenoxy) is 1. The summed E-state index contributed by atoms with van der Waals surface area (Å²) in [6, 6.07) is 13.1. The second-order valence-electron chi connectivity index (χ2n) is 3.73. The number of rotatable bonds is 3. The van der Waals surface area contributed by atoms with Crippen LogP contribution in [0.4, 0.5) is 5.69 Å². The van der Waals surface area contributed by atoms with Gasteiger partial charge in [0.25, 0.3) is 0 Å². The number of carbonyl (C=O) groups is 1. The summed E-state index contributed by atoms with van der Waals surface area (Å²) in [5.74, 6) is -0.585. The maximum absolute atomic E-state index is 11.0. The standard InChI is InChI=1S/C14H10N2O3/c15-8-9-4-1-2-6-11(9)19-12-7-3-5-10(13(12)16)14(17)18/h1-7H,16H2,(H,17,18). The second kappa shape index (κ2) is 5.10. The second-order valence-corrected chi connectivity index (χ2v) is 3.73. The molecular formula is C14H10N2O3. The maximum Gasteiger partial charge on any atom is 0.337 e. The zero-order valence-corrected chi connectivity index (χ0v) is 9.83. The third kappa shape index (κ3) is 2.48. The smallest absolute Gasteiger partial charge is 0.337 e. The van der Waals surface area contributed by atoms with Gasteiger partial charge in [0.2, 0.25) is 0 Å². The number of aromatic carboxylic acids is 1. The fourth-order valence-corrected chi connectivity index (χ4v) is 1.59. The molecule has 0 amide bonds. The highest BCUT2D eigenvalue weighted by molar-refractivity contribution is 5.95. The van der Waals surface area contributed by atoms with Crippen LogP contribution in [-0.2, 0) is 0 Å². The van der Waals surface area contributed by atoms with Gasteiger partial charge in [-0.1, -0.05) is 18.2 Å². The average Bonchev–Trinajstić information content (AvgIpc) is 2.41. The minimum absolute atomic E-state index is 0.0303. The molecule has 0 heterocycles. The van der Waals surface area contributed by atoms with Gasteiger partial charge in [0.1, 0.15) is 11.8 Å². The summed E-state index contributed by atoms with van der Waals surface area (Å²) >= 11 is 0. The molecule has 2 rings (SSSR count). The summed E-state index contributed by atoms with van der Waals surface area (Å²) in [7, 11) is 0. The topological polar surface area (TPSA) is 96.3 Å². The molecule has 0 spiro atoms. The minimum atomic E-state index is -1.13. The molecule has 0 bridgehead atoms. The van der Waals surface area contributed by atoms with Crippen LogP contribution in [0, 0.1) is 11.3 Å². The monoisotopic (exact) mass is 254 g/mol. The Morgan fingerprint density at radius 2 is 1.84 bits per heavy atom. The Hall–Kier alpha value is -3.00. The van der Waals surface area contributed by atoms with Crippen molar-refractivity contribution in [1.82, 2.24) is 0 Å². The van der Waals surface area contributed by atoms with Gasteiger partial charge in [0, 0.05) is 0 Å². The van der Waals surface area contributed by atoms with E-state index >= 15 is 0 Å². The van der Waals surface area contributed by atoms with E-state index in [0.29, 0.717) is 11.3 Å². The van der Waals surface area contributed by atoms with E-state index in [1.54, 1.807) is 30.3 Å². The molecule has 2 aromatic carbocycles. The predicted molar refractivity (Wildman–Crippen MR) is 69.0 cm³/mol. The lowest BCUT2D eigenvalue weighted by Crippen LogP contribution is -2.03. The lowest BCUT2D eigenvalue weighted by Gasteiger charge is -2.11. The third-order valence-electron chi connectivity index (χ3n) is 2.52. The number of carboxylic acids is 1. The number of hydrogen-bond acceptors (Lipinski definition) is 4. The van der Waals surface area contributed by atoms with Gasteiger partial charge in [0.05, 0.1) is 16.8 Å². The molecule has 0 atom stereocenters. The van der Waals surface area contributed by atoms with Crippen molar-refractivity contribution in [3.63, 3.8) is 0 Å². The number of nitrogens with two attached hydrogens (primary N) is 1. The van der Waals surface area contributed by atoms with E-state index in [4.69, 9.17) is 20.8 Å². The molecule has 0 saturated carbocycles. The van der Waals surface area contributed by atoms with E-state index in [1.165, 1.54) is 12.1 Å². The van der Waals surface area contributed by atoms with Crippen LogP contribution in [0.25, 0.3) is 0 Å². The molecule has 2 aromatic rings. The van der Waals surface area contributed by atoms with Crippen LogP contribution in [0.2, 0.25) is 0 Å². The highest BCUT2D eigenvalue weighted by Crippen LogP contribution is 2.31. The number of carboxylic acid groups (broad SMARTS) is 1. The van der Waals surface area contributed by atoms with E-state index in [1.807, 2.05) is 6.07 Å². The van der Waals surface area contributed by atoms with E-state index in [0.717, 1.165) is 0 Å². The predicted octanol–water partition coefficient (Wildman–Crippen LogP) is 2.63. The Morgan fingerprint density at radius 1 is 1.16 bits per heavy atom. The first kappa shape index (κ1) is 12.5. The van der Waals surface area contributed by atoms with Crippen LogP contribution in [0.3, 0.4) is 0 Å². The van der Waals surface area contributed by atoms with Crippen LogP contribution in [0.15, 0.2) is 42.5 Å². The Balaban J connectivity index is 2.42. The molecule has 0 aliphatic heterocycles. The molecular weight excluding hydrogens is 244 g/mol. The number of anilines is 1. The number of nitrogen functional groups attached to an aromatic ring is 1. The quantitative estimate of drug-likeness (QED) is 0.820. The van der Waals surface area contributed by atoms with Crippen LogP contribution in [-0.4, -0.2) is 11.1 Å². The van der Waals surface area contributed by atoms with Crippen molar-refractivity contribution in [1.29, 1.82) is 5.26 Å². The van der Waals surface area contributed by atoms with E-state index in [9.17, 15) is 4.79 Å². The molecule has 5 heteroatoms. The van der Waals surface area contributed by atoms with Gasteiger partial charge in [-0.2, -0.15) is 5.26 Å². The van der Waals surface area contributed by atoms with Crippen LogP contribution >= 0.6 is 0 Å². The highest BCUT2D eigenvalue weighted by atomic mass is 16.5. The van der Waals surface area contributed by atoms with Crippen molar-refractivity contribution < 1.29 is 14.6 Å². The molecule has 3 N–H and O–H groups in total. The number of hydrogen-bond donors (Lipinski definition) is 2. The van der Waals surface area contributed by atoms with Gasteiger partial charge in [-0.25, -0.2) is 4.79 Å². The number of nitriles is 1. The SMILES string of the molecule is N#Cc1ccccc1Oc1cccc(C(=O)O)c1N. The lowest BCUT2D eigenvalue weighted by molar-refractivity contribution is 0.0697. The number of para-hydroxylation sites is 2. The van der Waals surface area contributed by atoms with Gasteiger partial charge in [-0.15, -0.1) is 0 Å². The Labute approximate surface area is 109 Å². The molecule has 0 aliphatic carbocycles. The molecule has 0 unspecified atom stereocenters. The van der Waals surface area contributed by atoms with Crippen molar-refractivity contribution >= 4 is 11.7 Å². The molecule has 0 aliphatic rings. The average molecular weight is 254 g/mol. The normalized spacial score (nSPS) is 9.63. The molecule has 0 saturated heterocycles. The summed E-state index contributed by atoms with van der Waals surface area (Å²) < 4.78 is 5.51.